The van der Waals surface area contributed by atoms with Gasteiger partial charge in [0.15, 0.2) is 0 Å². The van der Waals surface area contributed by atoms with Gasteiger partial charge in [0.05, 0.1) is 0 Å². The molecule has 0 heterocycles. The molecule has 0 aliphatic heterocycles. The molecule has 209 valence electrons. The molecule has 2 amide bonds. The molecule has 0 spiro atoms. The maximum absolute atomic E-state index is 12.8. The second kappa shape index (κ2) is 11.3. The summed E-state index contributed by atoms with van der Waals surface area (Å²) >= 11 is -2.78. The van der Waals surface area contributed by atoms with Gasteiger partial charge in [-0.3, -0.25) is 0 Å². The molecule has 2 aliphatic rings. The van der Waals surface area contributed by atoms with E-state index in [0.29, 0.717) is 11.4 Å². The Balaban J connectivity index is 1.60. The number of carbonyl (C=O) groups is 2. The zero-order valence-electron chi connectivity index (χ0n) is 24.1. The molecule has 4 nitrogen and oxygen atoms in total. The molecule has 2 atom stereocenters. The molecule has 2 N–H and O–H groups in total. The van der Waals surface area contributed by atoms with Crippen LogP contribution in [0.3, 0.4) is 0 Å². The van der Waals surface area contributed by atoms with Gasteiger partial charge >= 0.3 is 260 Å². The molecule has 5 aromatic carbocycles. The summed E-state index contributed by atoms with van der Waals surface area (Å²) in [7, 11) is 0. The molecule has 2 unspecified atom stereocenters. The molecular weight excluding hydrogens is 635 g/mol. The van der Waals surface area contributed by atoms with Gasteiger partial charge in [0.2, 0.25) is 0 Å². The summed E-state index contributed by atoms with van der Waals surface area (Å²) in [5, 5.41) is 6.26. The van der Waals surface area contributed by atoms with Gasteiger partial charge in [0, 0.05) is 0 Å². The fourth-order valence-electron chi connectivity index (χ4n) is 6.86. The number of amides is 2. The molecular formula is C38H31N2O2Sn. The van der Waals surface area contributed by atoms with Gasteiger partial charge < -0.3 is 0 Å². The summed E-state index contributed by atoms with van der Waals surface area (Å²) in [6, 6.07) is 41.3. The van der Waals surface area contributed by atoms with E-state index in [1.54, 1.807) is 0 Å². The first-order valence-electron chi connectivity index (χ1n) is 14.6. The fourth-order valence-corrected chi connectivity index (χ4v) is 16.2. The first-order chi connectivity index (χ1) is 21.0. The summed E-state index contributed by atoms with van der Waals surface area (Å²) in [6.45, 7) is 3.05. The van der Waals surface area contributed by atoms with Gasteiger partial charge in [0.25, 0.3) is 0 Å². The van der Waals surface area contributed by atoms with Crippen molar-refractivity contribution in [2.75, 3.05) is 10.6 Å². The van der Waals surface area contributed by atoms with Gasteiger partial charge in [-0.1, -0.05) is 0 Å². The number of benzene rings is 5. The third kappa shape index (κ3) is 4.90. The Labute approximate surface area is 259 Å². The Morgan fingerprint density at radius 2 is 1.21 bits per heavy atom. The Bertz CT molecular complexity index is 1860. The minimum atomic E-state index is -2.78. The van der Waals surface area contributed by atoms with E-state index in [4.69, 9.17) is 0 Å². The molecule has 5 heteroatoms. The monoisotopic (exact) mass is 667 g/mol. The molecule has 0 saturated carbocycles. The second-order valence-corrected chi connectivity index (χ2v) is 18.5. The molecule has 0 fully saturated rings. The van der Waals surface area contributed by atoms with Gasteiger partial charge in [-0.05, 0) is 0 Å². The van der Waals surface area contributed by atoms with Crippen LogP contribution in [0, 0.1) is 0 Å². The first-order valence-corrected chi connectivity index (χ1v) is 19.1. The van der Waals surface area contributed by atoms with E-state index in [0.717, 1.165) is 11.1 Å². The fraction of sp³-hybridized carbons (Fsp3) is 0.105. The third-order valence-electron chi connectivity index (χ3n) is 8.44. The van der Waals surface area contributed by atoms with E-state index in [-0.39, 0.29) is 21.7 Å². The van der Waals surface area contributed by atoms with Crippen molar-refractivity contribution in [3.05, 3.63) is 149 Å². The molecule has 43 heavy (non-hydrogen) atoms. The Morgan fingerprint density at radius 1 is 0.628 bits per heavy atom. The number of fused-ring (bicyclic) bond motifs is 4. The number of anilines is 2. The van der Waals surface area contributed by atoms with Crippen molar-refractivity contribution in [2.45, 2.75) is 23.7 Å². The number of allylic oxidation sites excluding steroid dienone is 1. The van der Waals surface area contributed by atoms with Gasteiger partial charge in [-0.25, -0.2) is 0 Å². The quantitative estimate of drug-likeness (QED) is 0.198. The van der Waals surface area contributed by atoms with E-state index in [2.05, 4.69) is 138 Å². The van der Waals surface area contributed by atoms with Crippen LogP contribution in [0.5, 0.6) is 0 Å². The van der Waals surface area contributed by atoms with Crippen molar-refractivity contribution in [3.8, 4) is 11.1 Å². The summed E-state index contributed by atoms with van der Waals surface area (Å²) in [5.41, 5.74) is 9.71. The topological polar surface area (TPSA) is 58.2 Å². The Kier molecular flexibility index (Phi) is 7.23. The summed E-state index contributed by atoms with van der Waals surface area (Å²) in [6.07, 6.45) is 4.43. The van der Waals surface area contributed by atoms with E-state index in [1.165, 1.54) is 48.8 Å². The minimum absolute atomic E-state index is 0.0755. The SMILES string of the molecule is CC(=O)Nc1cc2c(c(C3C=Cc4ccccc43)c1NC(C)=O)[CH]([Sn]([c]1ccccc1)[c]1ccccc1)c1ccccc1-2. The summed E-state index contributed by atoms with van der Waals surface area (Å²) in [5.74, 6) is -0.416. The van der Waals surface area contributed by atoms with Crippen LogP contribution in [0.4, 0.5) is 11.4 Å². The second-order valence-electron chi connectivity index (χ2n) is 11.2. The van der Waals surface area contributed by atoms with Gasteiger partial charge in [0.1, 0.15) is 0 Å². The van der Waals surface area contributed by atoms with Crippen LogP contribution in [0.2, 0.25) is 0 Å². The average Bonchev–Trinajstić information content (AvgIpc) is 3.58. The number of hydrogen-bond donors (Lipinski definition) is 2. The number of hydrogen-bond acceptors (Lipinski definition) is 2. The summed E-state index contributed by atoms with van der Waals surface area (Å²) < 4.78 is 3.00. The Hall–Kier alpha value is -4.42. The third-order valence-corrected chi connectivity index (χ3v) is 17.3. The van der Waals surface area contributed by atoms with Crippen LogP contribution >= 0.6 is 0 Å². The first kappa shape index (κ1) is 27.4. The zero-order chi connectivity index (χ0) is 29.5. The van der Waals surface area contributed by atoms with Crippen LogP contribution in [-0.2, 0) is 9.59 Å². The normalized spacial score (nSPS) is 16.0. The molecule has 1 radical (unpaired) electrons. The van der Waals surface area contributed by atoms with E-state index in [1.807, 2.05) is 0 Å². The Morgan fingerprint density at radius 3 is 1.86 bits per heavy atom. The van der Waals surface area contributed by atoms with Crippen molar-refractivity contribution >= 4 is 56.2 Å². The van der Waals surface area contributed by atoms with Crippen molar-refractivity contribution in [2.24, 2.45) is 0 Å². The predicted molar refractivity (Wildman–Crippen MR) is 178 cm³/mol. The van der Waals surface area contributed by atoms with Crippen LogP contribution in [-0.4, -0.2) is 31.6 Å². The van der Waals surface area contributed by atoms with Crippen molar-refractivity contribution in [1.82, 2.24) is 0 Å². The standard InChI is InChI=1S/C26H21N2O2.2C6H5.Sn/c1-15(29)27-24-14-22-20-10-6-4-8-18(20)13-23(22)25(26(24)28-16(2)30)21-12-11-17-7-3-5-9-19(17)21;2*1-2-4-6-5-3-1;/h3-14,21H,1-2H3,(H,27,29)(H,28,30);2*1-5H;. The molecule has 5 aromatic rings. The van der Waals surface area contributed by atoms with Crippen LogP contribution in [0.25, 0.3) is 17.2 Å². The van der Waals surface area contributed by atoms with Crippen LogP contribution < -0.4 is 17.8 Å². The number of nitrogens with one attached hydrogen (secondary N) is 2. The van der Waals surface area contributed by atoms with Crippen molar-refractivity contribution in [3.63, 3.8) is 0 Å². The average molecular weight is 666 g/mol. The van der Waals surface area contributed by atoms with Crippen LogP contribution in [0.15, 0.2) is 121 Å². The van der Waals surface area contributed by atoms with E-state index < -0.39 is 19.8 Å². The molecule has 0 bridgehead atoms. The van der Waals surface area contributed by atoms with Gasteiger partial charge in [-0.15, -0.1) is 0 Å². The predicted octanol–water partition coefficient (Wildman–Crippen LogP) is 6.72. The number of rotatable bonds is 6. The zero-order valence-corrected chi connectivity index (χ0v) is 26.9. The van der Waals surface area contributed by atoms with E-state index >= 15 is 0 Å². The summed E-state index contributed by atoms with van der Waals surface area (Å²) in [4.78, 5) is 25.4. The molecule has 7 rings (SSSR count). The van der Waals surface area contributed by atoms with Crippen molar-refractivity contribution in [1.29, 1.82) is 0 Å². The van der Waals surface area contributed by atoms with E-state index in [9.17, 15) is 9.59 Å². The van der Waals surface area contributed by atoms with Crippen LogP contribution in [0.1, 0.15) is 51.5 Å². The molecule has 0 saturated heterocycles. The maximum atomic E-state index is 12.8. The van der Waals surface area contributed by atoms with Crippen molar-refractivity contribution < 1.29 is 9.59 Å². The molecule has 0 aromatic heterocycles. The molecule has 2 aliphatic carbocycles. The van der Waals surface area contributed by atoms with Gasteiger partial charge in [-0.2, -0.15) is 0 Å². The number of carbonyl (C=O) groups excluding carboxylic acids is 2.